The smallest absolute Gasteiger partial charge is 0.339 e. The van der Waals surface area contributed by atoms with Gasteiger partial charge >= 0.3 is 6.18 Å². The molecular formula is C15H15ClF3N3OS. The number of alkyl halides is 3. The van der Waals surface area contributed by atoms with Crippen molar-refractivity contribution in [3.8, 4) is 10.6 Å². The molecule has 0 saturated heterocycles. The molecule has 2 heterocycles. The van der Waals surface area contributed by atoms with Gasteiger partial charge in [0.25, 0.3) is 5.91 Å². The van der Waals surface area contributed by atoms with Gasteiger partial charge < -0.3 is 5.32 Å². The monoisotopic (exact) mass is 377 g/mol. The molecule has 130 valence electrons. The van der Waals surface area contributed by atoms with Crippen LogP contribution in [0.2, 0.25) is 5.15 Å². The van der Waals surface area contributed by atoms with Crippen LogP contribution in [0.5, 0.6) is 0 Å². The maximum absolute atomic E-state index is 13.1. The lowest BCUT2D eigenvalue weighted by Crippen LogP contribution is -2.46. The topological polar surface area (TPSA) is 54.9 Å². The Kier molecular flexibility index (Phi) is 5.82. The van der Waals surface area contributed by atoms with Crippen LogP contribution in [0.4, 0.5) is 13.2 Å². The first-order chi connectivity index (χ1) is 11.2. The number of carbonyl (C=O) groups is 1. The number of rotatable bonds is 5. The second-order valence-electron chi connectivity index (χ2n) is 5.58. The van der Waals surface area contributed by atoms with Crippen molar-refractivity contribution in [1.82, 2.24) is 15.3 Å². The molecule has 1 amide bonds. The Morgan fingerprint density at radius 2 is 2.12 bits per heavy atom. The van der Waals surface area contributed by atoms with Crippen molar-refractivity contribution < 1.29 is 18.0 Å². The summed E-state index contributed by atoms with van der Waals surface area (Å²) in [7, 11) is 0. The Morgan fingerprint density at radius 3 is 2.67 bits per heavy atom. The lowest BCUT2D eigenvalue weighted by Gasteiger charge is -2.22. The van der Waals surface area contributed by atoms with Gasteiger partial charge in [-0.05, 0) is 24.5 Å². The zero-order valence-corrected chi connectivity index (χ0v) is 14.5. The maximum atomic E-state index is 13.1. The van der Waals surface area contributed by atoms with Gasteiger partial charge in [0, 0.05) is 18.0 Å². The number of halogens is 4. The lowest BCUT2D eigenvalue weighted by atomic mass is 10.0. The molecule has 2 aromatic heterocycles. The third-order valence-electron chi connectivity index (χ3n) is 3.11. The van der Waals surface area contributed by atoms with Crippen LogP contribution in [0.1, 0.15) is 29.9 Å². The van der Waals surface area contributed by atoms with E-state index in [1.807, 2.05) is 5.32 Å². The molecule has 9 heteroatoms. The van der Waals surface area contributed by atoms with Crippen molar-refractivity contribution >= 4 is 28.8 Å². The van der Waals surface area contributed by atoms with Gasteiger partial charge in [-0.2, -0.15) is 13.2 Å². The number of nitrogens with one attached hydrogen (secondary N) is 1. The summed E-state index contributed by atoms with van der Waals surface area (Å²) in [6.07, 6.45) is -1.62. The molecule has 0 fully saturated rings. The van der Waals surface area contributed by atoms with Gasteiger partial charge in [-0.3, -0.25) is 9.78 Å². The molecule has 1 atom stereocenters. The summed E-state index contributed by atoms with van der Waals surface area (Å²) in [6.45, 7) is 3.32. The fraction of sp³-hybridized carbons (Fsp3) is 0.400. The van der Waals surface area contributed by atoms with Crippen molar-refractivity contribution in [2.45, 2.75) is 32.5 Å². The van der Waals surface area contributed by atoms with E-state index in [0.717, 1.165) is 11.3 Å². The number of carbonyl (C=O) groups excluding carboxylic acids is 1. The van der Waals surface area contributed by atoms with Crippen molar-refractivity contribution in [3.05, 3.63) is 34.6 Å². The molecule has 0 radical (unpaired) electrons. The molecule has 4 nitrogen and oxygen atoms in total. The fourth-order valence-corrected chi connectivity index (χ4v) is 3.21. The molecule has 0 aliphatic heterocycles. The Labute approximate surface area is 146 Å². The van der Waals surface area contributed by atoms with E-state index in [4.69, 9.17) is 11.6 Å². The first-order valence-corrected chi connectivity index (χ1v) is 8.32. The number of hydrogen-bond acceptors (Lipinski definition) is 4. The normalized spacial score (nSPS) is 13.1. The number of pyridine rings is 1. The zero-order chi connectivity index (χ0) is 17.9. The summed E-state index contributed by atoms with van der Waals surface area (Å²) in [5.74, 6) is -1.10. The molecule has 0 spiro atoms. The van der Waals surface area contributed by atoms with Crippen molar-refractivity contribution in [2.24, 2.45) is 5.92 Å². The van der Waals surface area contributed by atoms with E-state index >= 15 is 0 Å². The van der Waals surface area contributed by atoms with E-state index in [1.165, 1.54) is 6.20 Å². The minimum absolute atomic E-state index is 0.0477. The Hall–Kier alpha value is -1.67. The largest absolute Gasteiger partial charge is 0.408 e. The van der Waals surface area contributed by atoms with E-state index in [1.54, 1.807) is 32.2 Å². The van der Waals surface area contributed by atoms with E-state index in [0.29, 0.717) is 10.6 Å². The van der Waals surface area contributed by atoms with Gasteiger partial charge in [-0.25, -0.2) is 4.98 Å². The second kappa shape index (κ2) is 7.48. The summed E-state index contributed by atoms with van der Waals surface area (Å²) in [5.41, 5.74) is 0.637. The second-order valence-corrected chi connectivity index (χ2v) is 6.93. The maximum Gasteiger partial charge on any atom is 0.408 e. The molecule has 0 aliphatic carbocycles. The van der Waals surface area contributed by atoms with Crippen LogP contribution in [0.3, 0.4) is 0 Å². The molecule has 0 bridgehead atoms. The first kappa shape index (κ1) is 18.7. The molecule has 0 unspecified atom stereocenters. The summed E-state index contributed by atoms with van der Waals surface area (Å²) < 4.78 is 39.2. The van der Waals surface area contributed by atoms with Crippen LogP contribution in [0, 0.1) is 5.92 Å². The zero-order valence-electron chi connectivity index (χ0n) is 12.9. The SMILES string of the molecule is CC(C)C[C@H](NC(=O)c1sc(-c2cccnc2)nc1Cl)C(F)(F)F. The number of thiazole rings is 1. The predicted octanol–water partition coefficient (Wildman–Crippen LogP) is 4.57. The molecular weight excluding hydrogens is 363 g/mol. The highest BCUT2D eigenvalue weighted by atomic mass is 35.5. The van der Waals surface area contributed by atoms with Crippen molar-refractivity contribution in [3.63, 3.8) is 0 Å². The van der Waals surface area contributed by atoms with Gasteiger partial charge in [0.05, 0.1) is 0 Å². The van der Waals surface area contributed by atoms with Crippen molar-refractivity contribution in [1.29, 1.82) is 0 Å². The van der Waals surface area contributed by atoms with Crippen LogP contribution in [-0.4, -0.2) is 28.1 Å². The van der Waals surface area contributed by atoms with Crippen LogP contribution in [0.25, 0.3) is 10.6 Å². The van der Waals surface area contributed by atoms with Crippen LogP contribution in [0.15, 0.2) is 24.5 Å². The third-order valence-corrected chi connectivity index (χ3v) is 4.60. The molecule has 24 heavy (non-hydrogen) atoms. The average Bonchev–Trinajstić information content (AvgIpc) is 2.88. The summed E-state index contributed by atoms with van der Waals surface area (Å²) >= 11 is 6.86. The Balaban J connectivity index is 2.22. The van der Waals surface area contributed by atoms with Gasteiger partial charge in [0.2, 0.25) is 0 Å². The Bertz CT molecular complexity index is 704. The minimum atomic E-state index is -4.52. The lowest BCUT2D eigenvalue weighted by molar-refractivity contribution is -0.156. The van der Waals surface area contributed by atoms with E-state index in [-0.39, 0.29) is 22.4 Å². The average molecular weight is 378 g/mol. The fourth-order valence-electron chi connectivity index (χ4n) is 2.02. The van der Waals surface area contributed by atoms with Gasteiger partial charge in [0.1, 0.15) is 15.9 Å². The molecule has 2 aromatic rings. The molecule has 0 aliphatic rings. The summed E-state index contributed by atoms with van der Waals surface area (Å²) in [4.78, 5) is 20.1. The molecule has 1 N–H and O–H groups in total. The highest BCUT2D eigenvalue weighted by Crippen LogP contribution is 2.31. The predicted molar refractivity (Wildman–Crippen MR) is 87.1 cm³/mol. The summed E-state index contributed by atoms with van der Waals surface area (Å²) in [5, 5.41) is 2.32. The van der Waals surface area contributed by atoms with Gasteiger partial charge in [-0.15, -0.1) is 11.3 Å². The van der Waals surface area contributed by atoms with Crippen molar-refractivity contribution in [2.75, 3.05) is 0 Å². The van der Waals surface area contributed by atoms with E-state index in [2.05, 4.69) is 9.97 Å². The highest BCUT2D eigenvalue weighted by Gasteiger charge is 2.41. The highest BCUT2D eigenvalue weighted by molar-refractivity contribution is 7.17. The first-order valence-electron chi connectivity index (χ1n) is 7.12. The van der Waals surface area contributed by atoms with Gasteiger partial charge in [0.15, 0.2) is 5.15 Å². The molecule has 2 rings (SSSR count). The number of aromatic nitrogens is 2. The summed E-state index contributed by atoms with van der Waals surface area (Å²) in [6, 6.07) is 1.48. The molecule has 0 saturated carbocycles. The van der Waals surface area contributed by atoms with Crippen LogP contribution in [-0.2, 0) is 0 Å². The van der Waals surface area contributed by atoms with Crippen LogP contribution >= 0.6 is 22.9 Å². The number of nitrogens with zero attached hydrogens (tertiary/aromatic N) is 2. The third kappa shape index (κ3) is 4.67. The quantitative estimate of drug-likeness (QED) is 0.830. The van der Waals surface area contributed by atoms with Crippen LogP contribution < -0.4 is 5.32 Å². The minimum Gasteiger partial charge on any atom is -0.339 e. The van der Waals surface area contributed by atoms with Gasteiger partial charge in [-0.1, -0.05) is 25.4 Å². The Morgan fingerprint density at radius 1 is 1.42 bits per heavy atom. The van der Waals surface area contributed by atoms with E-state index in [9.17, 15) is 18.0 Å². The van der Waals surface area contributed by atoms with E-state index < -0.39 is 18.1 Å². The number of amides is 1. The molecule has 0 aromatic carbocycles. The standard InChI is InChI=1S/C15H15ClF3N3OS/c1-8(2)6-10(15(17,18)19)21-13(23)11-12(16)22-14(24-11)9-4-3-5-20-7-9/h3-5,7-8,10H,6H2,1-2H3,(H,21,23)/t10-/m0/s1. The number of hydrogen-bond donors (Lipinski definition) is 1.